The zero-order chi connectivity index (χ0) is 21.8. The van der Waals surface area contributed by atoms with Crippen LogP contribution >= 0.6 is 0 Å². The van der Waals surface area contributed by atoms with E-state index in [2.05, 4.69) is 10.6 Å². The second-order valence-corrected chi connectivity index (χ2v) is 13.4. The Hall–Kier alpha value is -0.0551. The van der Waals surface area contributed by atoms with Crippen LogP contribution in [0.1, 0.15) is 109 Å². The van der Waals surface area contributed by atoms with Crippen molar-refractivity contribution < 1.29 is 4.74 Å². The maximum atomic E-state index is 7.07. The Morgan fingerprint density at radius 2 is 1.06 bits per heavy atom. The van der Waals surface area contributed by atoms with Crippen molar-refractivity contribution in [2.45, 2.75) is 151 Å². The zero-order valence-electron chi connectivity index (χ0n) is 21.1. The van der Waals surface area contributed by atoms with E-state index >= 15 is 0 Å². The molecule has 7 fully saturated rings. The number of hydrogen-bond donors (Lipinski definition) is 2. The molecular formula is C29H49BN2O. The molecule has 4 aliphatic heterocycles. The summed E-state index contributed by atoms with van der Waals surface area (Å²) in [4.78, 5) is 0. The average molecular weight is 453 g/mol. The van der Waals surface area contributed by atoms with Crippen molar-refractivity contribution >= 4 is 6.71 Å². The number of rotatable bonds is 1. The third kappa shape index (κ3) is 3.39. The summed E-state index contributed by atoms with van der Waals surface area (Å²) in [6.45, 7) is 3.53. The zero-order valence-corrected chi connectivity index (χ0v) is 21.1. The van der Waals surface area contributed by atoms with Crippen molar-refractivity contribution in [3.05, 3.63) is 0 Å². The fraction of sp³-hybridized carbons (Fsp3) is 1.00. The molecule has 0 radical (unpaired) electrons. The second kappa shape index (κ2) is 9.11. The summed E-state index contributed by atoms with van der Waals surface area (Å²) in [5.74, 6) is 4.49. The lowest BCUT2D eigenvalue weighted by Crippen LogP contribution is -2.78. The maximum Gasteiger partial charge on any atom is 0.153 e. The van der Waals surface area contributed by atoms with Gasteiger partial charge in [-0.3, -0.25) is 0 Å². The van der Waals surface area contributed by atoms with Gasteiger partial charge in [0.15, 0.2) is 6.71 Å². The molecule has 184 valence electrons. The van der Waals surface area contributed by atoms with E-state index in [0.29, 0.717) is 17.6 Å². The molecule has 7 rings (SSSR count). The molecule has 8 unspecified atom stereocenters. The van der Waals surface area contributed by atoms with Gasteiger partial charge in [-0.05, 0) is 75.1 Å². The first-order valence-corrected chi connectivity index (χ1v) is 15.5. The predicted octanol–water partition coefficient (Wildman–Crippen LogP) is 6.21. The molecular weight excluding hydrogens is 403 g/mol. The van der Waals surface area contributed by atoms with E-state index in [1.54, 1.807) is 0 Å². The Morgan fingerprint density at radius 3 is 1.64 bits per heavy atom. The molecule has 7 aliphatic rings. The minimum Gasteiger partial charge on any atom is -0.374 e. The SMILES string of the molecule is C1CCC(B2C3CCCNC3C3(C4CCCCC4OC4CCCCC43)C3NCCCC23)CC1. The number of ether oxygens (including phenoxy) is 1. The first-order chi connectivity index (χ1) is 16.4. The van der Waals surface area contributed by atoms with Crippen LogP contribution in [0.4, 0.5) is 0 Å². The van der Waals surface area contributed by atoms with Gasteiger partial charge in [0.25, 0.3) is 0 Å². The summed E-state index contributed by atoms with van der Waals surface area (Å²) >= 11 is 0. The van der Waals surface area contributed by atoms with Crippen molar-refractivity contribution in [2.24, 2.45) is 17.3 Å². The first-order valence-electron chi connectivity index (χ1n) is 15.5. The summed E-state index contributed by atoms with van der Waals surface area (Å²) in [6.07, 6.45) is 25.8. The standard InChI is InChI=1S/C29H49BN2O/c1-2-10-20(11-3-1)30-23-14-8-18-31-27(23)29(28-24(30)15-9-19-32-28)21-12-4-6-16-25(21)33-26-17-7-5-13-22(26)29/h20-28,31-32H,1-19H2. The first kappa shape index (κ1) is 22.2. The van der Waals surface area contributed by atoms with Gasteiger partial charge in [-0.1, -0.05) is 76.4 Å². The van der Waals surface area contributed by atoms with Crippen molar-refractivity contribution in [2.75, 3.05) is 13.1 Å². The van der Waals surface area contributed by atoms with Gasteiger partial charge in [0.2, 0.25) is 0 Å². The molecule has 2 N–H and O–H groups in total. The third-order valence-corrected chi connectivity index (χ3v) is 12.3. The van der Waals surface area contributed by atoms with E-state index in [0.717, 1.165) is 48.1 Å². The third-order valence-electron chi connectivity index (χ3n) is 12.3. The van der Waals surface area contributed by atoms with E-state index in [1.807, 2.05) is 0 Å². The van der Waals surface area contributed by atoms with Crippen LogP contribution in [0.2, 0.25) is 17.5 Å². The van der Waals surface area contributed by atoms with Crippen LogP contribution in [-0.2, 0) is 4.74 Å². The molecule has 8 atom stereocenters. The summed E-state index contributed by atoms with van der Waals surface area (Å²) in [6, 6.07) is 1.51. The van der Waals surface area contributed by atoms with E-state index in [-0.39, 0.29) is 0 Å². The van der Waals surface area contributed by atoms with Gasteiger partial charge < -0.3 is 15.4 Å². The molecule has 0 bridgehead atoms. The van der Waals surface area contributed by atoms with Gasteiger partial charge in [-0.2, -0.15) is 0 Å². The van der Waals surface area contributed by atoms with Crippen LogP contribution in [0.15, 0.2) is 0 Å². The molecule has 3 saturated carbocycles. The minimum atomic E-state index is 0.454. The van der Waals surface area contributed by atoms with Crippen LogP contribution in [0, 0.1) is 17.3 Å². The lowest BCUT2D eigenvalue weighted by Gasteiger charge is -2.71. The van der Waals surface area contributed by atoms with E-state index in [1.165, 1.54) is 122 Å². The fourth-order valence-electron chi connectivity index (χ4n) is 11.6. The molecule has 0 aromatic heterocycles. The van der Waals surface area contributed by atoms with Crippen LogP contribution < -0.4 is 10.6 Å². The second-order valence-electron chi connectivity index (χ2n) is 13.4. The summed E-state index contributed by atoms with van der Waals surface area (Å²) < 4.78 is 7.07. The molecule has 33 heavy (non-hydrogen) atoms. The monoisotopic (exact) mass is 452 g/mol. The van der Waals surface area contributed by atoms with Crippen LogP contribution in [0.3, 0.4) is 0 Å². The van der Waals surface area contributed by atoms with Crippen LogP contribution in [0.25, 0.3) is 0 Å². The lowest BCUT2D eigenvalue weighted by molar-refractivity contribution is -0.236. The van der Waals surface area contributed by atoms with Crippen molar-refractivity contribution in [3.63, 3.8) is 0 Å². The molecule has 3 aliphatic carbocycles. The van der Waals surface area contributed by atoms with Crippen LogP contribution in [-0.4, -0.2) is 44.1 Å². The van der Waals surface area contributed by atoms with Gasteiger partial charge in [-0.25, -0.2) is 0 Å². The number of fused-ring (bicyclic) bond motifs is 8. The Labute approximate surface area is 203 Å². The molecule has 1 spiro atoms. The molecule has 3 nitrogen and oxygen atoms in total. The topological polar surface area (TPSA) is 33.3 Å². The normalized spacial score (nSPS) is 50.7. The molecule has 4 saturated heterocycles. The van der Waals surface area contributed by atoms with E-state index < -0.39 is 0 Å². The van der Waals surface area contributed by atoms with E-state index in [9.17, 15) is 0 Å². The minimum absolute atomic E-state index is 0.454. The van der Waals surface area contributed by atoms with Gasteiger partial charge in [0.05, 0.1) is 12.2 Å². The largest absolute Gasteiger partial charge is 0.374 e. The van der Waals surface area contributed by atoms with E-state index in [4.69, 9.17) is 4.74 Å². The lowest BCUT2D eigenvalue weighted by atomic mass is 9.17. The van der Waals surface area contributed by atoms with Gasteiger partial charge in [0, 0.05) is 17.5 Å². The number of hydrogen-bond acceptors (Lipinski definition) is 3. The molecule has 4 heterocycles. The Bertz CT molecular complexity index is 647. The quantitative estimate of drug-likeness (QED) is 0.464. The highest BCUT2D eigenvalue weighted by molar-refractivity contribution is 6.64. The summed E-state index contributed by atoms with van der Waals surface area (Å²) in [5.41, 5.74) is 0.454. The Balaban J connectivity index is 1.36. The summed E-state index contributed by atoms with van der Waals surface area (Å²) in [5, 5.41) is 8.71. The Morgan fingerprint density at radius 1 is 0.545 bits per heavy atom. The average Bonchev–Trinajstić information content (AvgIpc) is 2.89. The van der Waals surface area contributed by atoms with Crippen molar-refractivity contribution in [1.29, 1.82) is 0 Å². The number of piperidine rings is 2. The highest BCUT2D eigenvalue weighted by Crippen LogP contribution is 2.67. The van der Waals surface area contributed by atoms with Gasteiger partial charge >= 0.3 is 0 Å². The molecule has 0 amide bonds. The van der Waals surface area contributed by atoms with Gasteiger partial charge in [0.1, 0.15) is 0 Å². The van der Waals surface area contributed by atoms with Crippen molar-refractivity contribution in [1.82, 2.24) is 10.6 Å². The predicted molar refractivity (Wildman–Crippen MR) is 137 cm³/mol. The van der Waals surface area contributed by atoms with Gasteiger partial charge in [-0.15, -0.1) is 0 Å². The molecule has 4 heteroatoms. The van der Waals surface area contributed by atoms with Crippen LogP contribution in [0.5, 0.6) is 0 Å². The highest BCUT2D eigenvalue weighted by Gasteiger charge is 2.70. The maximum absolute atomic E-state index is 7.07. The molecule has 0 aromatic rings. The number of nitrogens with one attached hydrogen (secondary N) is 2. The molecule has 0 aromatic carbocycles. The highest BCUT2D eigenvalue weighted by atomic mass is 16.5. The Kier molecular flexibility index (Phi) is 6.12. The van der Waals surface area contributed by atoms with Crippen molar-refractivity contribution in [3.8, 4) is 0 Å². The summed E-state index contributed by atoms with van der Waals surface area (Å²) in [7, 11) is 0. The smallest absolute Gasteiger partial charge is 0.153 e. The fourth-order valence-corrected chi connectivity index (χ4v) is 11.6.